The predicted molar refractivity (Wildman–Crippen MR) is 75.6 cm³/mol. The second kappa shape index (κ2) is 5.85. The molecule has 1 aromatic carbocycles. The molecule has 0 aromatic heterocycles. The van der Waals surface area contributed by atoms with Gasteiger partial charge in [0.15, 0.2) is 0 Å². The maximum absolute atomic E-state index is 6.31. The number of benzene rings is 1. The van der Waals surface area contributed by atoms with Crippen LogP contribution in [0.25, 0.3) is 0 Å². The van der Waals surface area contributed by atoms with E-state index in [0.717, 1.165) is 17.0 Å². The van der Waals surface area contributed by atoms with Crippen molar-refractivity contribution in [1.82, 2.24) is 10.2 Å². The Hall–Kier alpha value is -0.570. The van der Waals surface area contributed by atoms with Crippen LogP contribution in [-0.4, -0.2) is 31.6 Å². The summed E-state index contributed by atoms with van der Waals surface area (Å²) in [4.78, 5) is 2.26. The maximum atomic E-state index is 6.31. The largest absolute Gasteiger partial charge is 0.311 e. The highest BCUT2D eigenvalue weighted by atomic mass is 35.5. The Balaban J connectivity index is 3.19. The van der Waals surface area contributed by atoms with Crippen LogP contribution in [0.5, 0.6) is 0 Å². The Morgan fingerprint density at radius 2 is 1.94 bits per heavy atom. The van der Waals surface area contributed by atoms with Gasteiger partial charge in [-0.25, -0.2) is 0 Å². The van der Waals surface area contributed by atoms with E-state index in [1.54, 1.807) is 0 Å². The summed E-state index contributed by atoms with van der Waals surface area (Å²) < 4.78 is 0. The van der Waals surface area contributed by atoms with Crippen molar-refractivity contribution in [2.45, 2.75) is 31.8 Å². The van der Waals surface area contributed by atoms with Gasteiger partial charge in [-0.2, -0.15) is 0 Å². The van der Waals surface area contributed by atoms with Crippen molar-refractivity contribution in [2.24, 2.45) is 0 Å². The number of hydrogen-bond donors (Lipinski definition) is 1. The zero-order valence-corrected chi connectivity index (χ0v) is 12.2. The number of halogens is 1. The average Bonchev–Trinajstić information content (AvgIpc) is 2.31. The third kappa shape index (κ3) is 2.82. The maximum Gasteiger partial charge on any atom is 0.0516 e. The molecule has 0 fully saturated rings. The molecule has 0 saturated carbocycles. The lowest BCUT2D eigenvalue weighted by atomic mass is 9.83. The van der Waals surface area contributed by atoms with Gasteiger partial charge in [-0.1, -0.05) is 36.7 Å². The molecule has 1 aromatic rings. The van der Waals surface area contributed by atoms with Crippen LogP contribution in [0.3, 0.4) is 0 Å². The first kappa shape index (κ1) is 14.5. The van der Waals surface area contributed by atoms with Gasteiger partial charge in [-0.15, -0.1) is 0 Å². The molecule has 96 valence electrons. The topological polar surface area (TPSA) is 15.3 Å². The SMILES string of the molecule is CCC(C)(C(NC)c1ccccc1Cl)N(C)C. The second-order valence-corrected chi connectivity index (χ2v) is 5.26. The van der Waals surface area contributed by atoms with Crippen molar-refractivity contribution in [3.63, 3.8) is 0 Å². The first-order valence-corrected chi connectivity index (χ1v) is 6.44. The van der Waals surface area contributed by atoms with Crippen molar-refractivity contribution in [3.05, 3.63) is 34.9 Å². The van der Waals surface area contributed by atoms with E-state index in [0.29, 0.717) is 0 Å². The number of rotatable bonds is 5. The summed E-state index contributed by atoms with van der Waals surface area (Å²) >= 11 is 6.31. The number of nitrogens with zero attached hydrogens (tertiary/aromatic N) is 1. The zero-order valence-electron chi connectivity index (χ0n) is 11.4. The molecule has 1 N–H and O–H groups in total. The molecule has 0 aliphatic carbocycles. The molecule has 0 aliphatic heterocycles. The predicted octanol–water partition coefficient (Wildman–Crippen LogP) is 3.33. The second-order valence-electron chi connectivity index (χ2n) is 4.85. The van der Waals surface area contributed by atoms with Gasteiger partial charge in [0.05, 0.1) is 6.04 Å². The lowest BCUT2D eigenvalue weighted by Crippen LogP contribution is -2.50. The summed E-state index contributed by atoms with van der Waals surface area (Å²) in [5, 5.41) is 4.23. The molecule has 2 atom stereocenters. The average molecular weight is 255 g/mol. The molecule has 0 amide bonds. The minimum Gasteiger partial charge on any atom is -0.311 e. The number of likely N-dealkylation sites (N-methyl/N-ethyl adjacent to an activating group) is 2. The van der Waals surface area contributed by atoms with E-state index in [1.807, 2.05) is 25.2 Å². The van der Waals surface area contributed by atoms with Crippen LogP contribution in [0.1, 0.15) is 31.9 Å². The standard InChI is InChI=1S/C14H23ClN2/c1-6-14(2,17(4)5)13(16-3)11-9-7-8-10-12(11)15/h7-10,13,16H,6H2,1-5H3. The monoisotopic (exact) mass is 254 g/mol. The first-order chi connectivity index (χ1) is 7.97. The van der Waals surface area contributed by atoms with Gasteiger partial charge in [0.1, 0.15) is 0 Å². The van der Waals surface area contributed by atoms with Gasteiger partial charge in [-0.05, 0) is 46.1 Å². The fourth-order valence-corrected chi connectivity index (χ4v) is 2.53. The molecular weight excluding hydrogens is 232 g/mol. The zero-order chi connectivity index (χ0) is 13.1. The third-order valence-electron chi connectivity index (χ3n) is 3.86. The van der Waals surface area contributed by atoms with Crippen LogP contribution >= 0.6 is 11.6 Å². The van der Waals surface area contributed by atoms with Gasteiger partial charge in [-0.3, -0.25) is 0 Å². The molecular formula is C14H23ClN2. The number of nitrogens with one attached hydrogen (secondary N) is 1. The molecule has 2 unspecified atom stereocenters. The Bertz CT molecular complexity index is 365. The minimum absolute atomic E-state index is 0.0414. The quantitative estimate of drug-likeness (QED) is 0.867. The summed E-state index contributed by atoms with van der Waals surface area (Å²) in [6.07, 6.45) is 1.05. The van der Waals surface area contributed by atoms with Gasteiger partial charge < -0.3 is 10.2 Å². The van der Waals surface area contributed by atoms with Gasteiger partial charge in [0, 0.05) is 10.6 Å². The Labute approximate surface area is 110 Å². The molecule has 0 aliphatic rings. The lowest BCUT2D eigenvalue weighted by Gasteiger charge is -2.43. The molecule has 0 heterocycles. The highest BCUT2D eigenvalue weighted by molar-refractivity contribution is 6.31. The molecule has 0 spiro atoms. The van der Waals surface area contributed by atoms with Crippen LogP contribution in [0.15, 0.2) is 24.3 Å². The van der Waals surface area contributed by atoms with E-state index >= 15 is 0 Å². The van der Waals surface area contributed by atoms with E-state index in [1.165, 1.54) is 0 Å². The van der Waals surface area contributed by atoms with E-state index in [9.17, 15) is 0 Å². The van der Waals surface area contributed by atoms with Crippen molar-refractivity contribution < 1.29 is 0 Å². The molecule has 0 bridgehead atoms. The number of hydrogen-bond acceptors (Lipinski definition) is 2. The summed E-state index contributed by atoms with van der Waals surface area (Å²) in [7, 11) is 6.22. The minimum atomic E-state index is 0.0414. The van der Waals surface area contributed by atoms with E-state index in [4.69, 9.17) is 11.6 Å². The highest BCUT2D eigenvalue weighted by Gasteiger charge is 2.35. The smallest absolute Gasteiger partial charge is 0.0516 e. The summed E-state index contributed by atoms with van der Waals surface area (Å²) in [5.74, 6) is 0. The van der Waals surface area contributed by atoms with E-state index < -0.39 is 0 Å². The Morgan fingerprint density at radius 1 is 1.35 bits per heavy atom. The van der Waals surface area contributed by atoms with Crippen molar-refractivity contribution >= 4 is 11.6 Å². The van der Waals surface area contributed by atoms with Crippen molar-refractivity contribution in [2.75, 3.05) is 21.1 Å². The molecule has 0 saturated heterocycles. The van der Waals surface area contributed by atoms with Gasteiger partial charge in [0.2, 0.25) is 0 Å². The summed E-state index contributed by atoms with van der Waals surface area (Å²) in [6.45, 7) is 4.47. The van der Waals surface area contributed by atoms with E-state index in [2.05, 4.69) is 44.2 Å². The van der Waals surface area contributed by atoms with Gasteiger partial charge in [0.25, 0.3) is 0 Å². The molecule has 0 radical (unpaired) electrons. The molecule has 2 nitrogen and oxygen atoms in total. The van der Waals surface area contributed by atoms with E-state index in [-0.39, 0.29) is 11.6 Å². The fraction of sp³-hybridized carbons (Fsp3) is 0.571. The lowest BCUT2D eigenvalue weighted by molar-refractivity contribution is 0.117. The molecule has 1 rings (SSSR count). The summed E-state index contributed by atoms with van der Waals surface area (Å²) in [6, 6.07) is 8.28. The van der Waals surface area contributed by atoms with Crippen LogP contribution in [0, 0.1) is 0 Å². The van der Waals surface area contributed by atoms with Crippen LogP contribution in [0.2, 0.25) is 5.02 Å². The van der Waals surface area contributed by atoms with Crippen LogP contribution < -0.4 is 5.32 Å². The van der Waals surface area contributed by atoms with Crippen LogP contribution in [-0.2, 0) is 0 Å². The fourth-order valence-electron chi connectivity index (χ4n) is 2.29. The summed E-state index contributed by atoms with van der Waals surface area (Å²) in [5.41, 5.74) is 1.20. The normalized spacial score (nSPS) is 16.9. The molecule has 17 heavy (non-hydrogen) atoms. The molecule has 3 heteroatoms. The first-order valence-electron chi connectivity index (χ1n) is 6.06. The Kier molecular flexibility index (Phi) is 4.99. The van der Waals surface area contributed by atoms with Crippen molar-refractivity contribution in [1.29, 1.82) is 0 Å². The highest BCUT2D eigenvalue weighted by Crippen LogP contribution is 2.35. The van der Waals surface area contributed by atoms with Crippen molar-refractivity contribution in [3.8, 4) is 0 Å². The van der Waals surface area contributed by atoms with Crippen LogP contribution in [0.4, 0.5) is 0 Å². The Morgan fingerprint density at radius 3 is 2.35 bits per heavy atom. The third-order valence-corrected chi connectivity index (χ3v) is 4.21. The van der Waals surface area contributed by atoms with Gasteiger partial charge >= 0.3 is 0 Å².